The molecule has 0 aromatic heterocycles. The fraction of sp³-hybridized carbons (Fsp3) is 1.00. The van der Waals surface area contributed by atoms with Crippen molar-refractivity contribution in [2.45, 2.75) is 65.8 Å². The van der Waals surface area contributed by atoms with Crippen LogP contribution in [0, 0.1) is 16.2 Å². The molecule has 0 radical (unpaired) electrons. The van der Waals surface area contributed by atoms with Crippen molar-refractivity contribution in [3.8, 4) is 0 Å². The summed E-state index contributed by atoms with van der Waals surface area (Å²) >= 11 is 0. The molecule has 1 unspecified atom stereocenters. The second-order valence-electron chi connectivity index (χ2n) is 8.03. The highest BCUT2D eigenvalue weighted by Crippen LogP contribution is 2.67. The number of hydrogen-bond donors (Lipinski definition) is 0. The van der Waals surface area contributed by atoms with Gasteiger partial charge in [0.2, 0.25) is 0 Å². The van der Waals surface area contributed by atoms with Crippen LogP contribution in [0.1, 0.15) is 59.8 Å². The Bertz CT molecular complexity index is 271. The van der Waals surface area contributed by atoms with Gasteiger partial charge in [0.05, 0.1) is 0 Å². The highest BCUT2D eigenvalue weighted by Gasteiger charge is 2.58. The van der Waals surface area contributed by atoms with Gasteiger partial charge in [0.1, 0.15) is 0 Å². The first-order valence-electron chi connectivity index (χ1n) is 6.84. The van der Waals surface area contributed by atoms with Crippen LogP contribution >= 0.6 is 0 Å². The molecule has 0 aliphatic heterocycles. The van der Waals surface area contributed by atoms with Gasteiger partial charge in [-0.15, -0.1) is 0 Å². The Kier molecular flexibility index (Phi) is 2.70. The van der Waals surface area contributed by atoms with Gasteiger partial charge in [-0.2, -0.15) is 0 Å². The predicted molar refractivity (Wildman–Crippen MR) is 70.6 cm³/mol. The molecule has 2 saturated carbocycles. The summed E-state index contributed by atoms with van der Waals surface area (Å²) in [5.74, 6) is 0. The Hall–Kier alpha value is -0.0400. The molecule has 1 atom stereocenters. The lowest BCUT2D eigenvalue weighted by Gasteiger charge is -2.37. The first-order chi connectivity index (χ1) is 7.18. The summed E-state index contributed by atoms with van der Waals surface area (Å²) in [6.07, 6.45) is 7.14. The average molecular weight is 223 g/mol. The van der Waals surface area contributed by atoms with E-state index in [1.165, 1.54) is 32.1 Å². The number of hydrogen-bond acceptors (Lipinski definition) is 1. The van der Waals surface area contributed by atoms with Gasteiger partial charge in [-0.3, -0.25) is 0 Å². The topological polar surface area (TPSA) is 3.24 Å². The Morgan fingerprint density at radius 1 is 0.938 bits per heavy atom. The Labute approximate surface area is 102 Å². The number of rotatable bonds is 1. The van der Waals surface area contributed by atoms with E-state index < -0.39 is 0 Å². The maximum atomic E-state index is 2.51. The van der Waals surface area contributed by atoms with Crippen LogP contribution in [-0.4, -0.2) is 25.0 Å². The van der Waals surface area contributed by atoms with Gasteiger partial charge in [-0.25, -0.2) is 0 Å². The monoisotopic (exact) mass is 223 g/mol. The number of nitrogens with zero attached hydrogens (tertiary/aromatic N) is 1. The van der Waals surface area contributed by atoms with Crippen molar-refractivity contribution in [3.05, 3.63) is 0 Å². The largest absolute Gasteiger partial charge is 0.306 e. The van der Waals surface area contributed by atoms with Gasteiger partial charge in [0.25, 0.3) is 0 Å². The molecule has 0 aromatic rings. The van der Waals surface area contributed by atoms with E-state index in [-0.39, 0.29) is 0 Å². The SMILES string of the molecule is CN(C)C1CC(C)(C)CC2(CC2)C(C)(C)C1. The third-order valence-electron chi connectivity index (χ3n) is 5.37. The minimum absolute atomic E-state index is 0.527. The molecule has 1 spiro atoms. The fourth-order valence-electron chi connectivity index (χ4n) is 4.11. The van der Waals surface area contributed by atoms with E-state index in [9.17, 15) is 0 Å². The minimum Gasteiger partial charge on any atom is -0.306 e. The average Bonchev–Trinajstić information content (AvgIpc) is 2.81. The Morgan fingerprint density at radius 3 is 1.94 bits per heavy atom. The van der Waals surface area contributed by atoms with Gasteiger partial charge in [0, 0.05) is 6.04 Å². The van der Waals surface area contributed by atoms with E-state index in [1.54, 1.807) is 0 Å². The zero-order chi connectivity index (χ0) is 12.2. The van der Waals surface area contributed by atoms with Crippen LogP contribution in [0.5, 0.6) is 0 Å². The van der Waals surface area contributed by atoms with Gasteiger partial charge < -0.3 is 4.90 Å². The summed E-state index contributed by atoms with van der Waals surface area (Å²) in [4.78, 5) is 2.45. The van der Waals surface area contributed by atoms with Crippen molar-refractivity contribution >= 4 is 0 Å². The molecular formula is C15H29N. The maximum absolute atomic E-state index is 2.51. The lowest BCUT2D eigenvalue weighted by molar-refractivity contribution is 0.127. The van der Waals surface area contributed by atoms with Crippen LogP contribution in [0.4, 0.5) is 0 Å². The van der Waals surface area contributed by atoms with Crippen LogP contribution in [0.2, 0.25) is 0 Å². The van der Waals surface area contributed by atoms with E-state index >= 15 is 0 Å². The second-order valence-corrected chi connectivity index (χ2v) is 8.03. The van der Waals surface area contributed by atoms with E-state index in [1.807, 2.05) is 0 Å². The molecule has 2 rings (SSSR count). The van der Waals surface area contributed by atoms with Crippen molar-refractivity contribution in [1.82, 2.24) is 4.90 Å². The van der Waals surface area contributed by atoms with Crippen molar-refractivity contribution in [2.75, 3.05) is 14.1 Å². The second kappa shape index (κ2) is 3.48. The Morgan fingerprint density at radius 2 is 1.50 bits per heavy atom. The van der Waals surface area contributed by atoms with E-state index in [0.29, 0.717) is 16.2 Å². The summed E-state index contributed by atoms with van der Waals surface area (Å²) in [6, 6.07) is 0.768. The van der Waals surface area contributed by atoms with Gasteiger partial charge >= 0.3 is 0 Å². The molecule has 0 bridgehead atoms. The fourth-order valence-corrected chi connectivity index (χ4v) is 4.11. The van der Waals surface area contributed by atoms with Gasteiger partial charge in [0.15, 0.2) is 0 Å². The zero-order valence-electron chi connectivity index (χ0n) is 12.1. The van der Waals surface area contributed by atoms with E-state index in [4.69, 9.17) is 0 Å². The van der Waals surface area contributed by atoms with Crippen LogP contribution in [0.15, 0.2) is 0 Å². The highest BCUT2D eigenvalue weighted by molar-refractivity contribution is 5.09. The first-order valence-corrected chi connectivity index (χ1v) is 6.84. The molecule has 0 N–H and O–H groups in total. The maximum Gasteiger partial charge on any atom is 0.00995 e. The molecule has 16 heavy (non-hydrogen) atoms. The summed E-state index contributed by atoms with van der Waals surface area (Å²) in [6.45, 7) is 9.98. The van der Waals surface area contributed by atoms with Crippen molar-refractivity contribution in [3.63, 3.8) is 0 Å². The van der Waals surface area contributed by atoms with Crippen molar-refractivity contribution < 1.29 is 0 Å². The smallest absolute Gasteiger partial charge is 0.00995 e. The van der Waals surface area contributed by atoms with Crippen LogP contribution in [0.25, 0.3) is 0 Å². The van der Waals surface area contributed by atoms with Crippen LogP contribution in [-0.2, 0) is 0 Å². The van der Waals surface area contributed by atoms with Gasteiger partial charge in [-0.05, 0) is 62.4 Å². The van der Waals surface area contributed by atoms with E-state index in [0.717, 1.165) is 6.04 Å². The molecular weight excluding hydrogens is 194 g/mol. The molecule has 0 saturated heterocycles. The third kappa shape index (κ3) is 2.03. The lowest BCUT2D eigenvalue weighted by Crippen LogP contribution is -2.34. The molecule has 0 aromatic carbocycles. The summed E-state index contributed by atoms with van der Waals surface area (Å²) in [7, 11) is 4.50. The Balaban J connectivity index is 2.26. The molecule has 1 heteroatoms. The van der Waals surface area contributed by atoms with Crippen molar-refractivity contribution in [1.29, 1.82) is 0 Å². The molecule has 94 valence electrons. The third-order valence-corrected chi connectivity index (χ3v) is 5.37. The lowest BCUT2D eigenvalue weighted by atomic mass is 9.69. The summed E-state index contributed by atoms with van der Waals surface area (Å²) in [5.41, 5.74) is 1.75. The molecule has 0 amide bonds. The van der Waals surface area contributed by atoms with Crippen LogP contribution < -0.4 is 0 Å². The van der Waals surface area contributed by atoms with Crippen molar-refractivity contribution in [2.24, 2.45) is 16.2 Å². The standard InChI is InChI=1S/C15H29N/c1-13(2)9-12(16(5)6)10-14(3,4)15(11-13)7-8-15/h12H,7-11H2,1-6H3. The zero-order valence-corrected chi connectivity index (χ0v) is 12.1. The molecule has 2 aliphatic rings. The summed E-state index contributed by atoms with van der Waals surface area (Å²) < 4.78 is 0. The van der Waals surface area contributed by atoms with Gasteiger partial charge in [-0.1, -0.05) is 27.7 Å². The molecule has 2 aliphatic carbocycles. The van der Waals surface area contributed by atoms with E-state index in [2.05, 4.69) is 46.7 Å². The highest BCUT2D eigenvalue weighted by atomic mass is 15.1. The van der Waals surface area contributed by atoms with Crippen LogP contribution in [0.3, 0.4) is 0 Å². The molecule has 1 nitrogen and oxygen atoms in total. The first kappa shape index (κ1) is 12.4. The minimum atomic E-state index is 0.527. The summed E-state index contributed by atoms with van der Waals surface area (Å²) in [5, 5.41) is 0. The molecule has 2 fully saturated rings. The normalized spacial score (nSPS) is 35.1. The predicted octanol–water partition coefficient (Wildman–Crippen LogP) is 3.93. The molecule has 0 heterocycles. The quantitative estimate of drug-likeness (QED) is 0.651.